The molecule has 1 aliphatic heterocycles. The van der Waals surface area contributed by atoms with E-state index < -0.39 is 0 Å². The van der Waals surface area contributed by atoms with Gasteiger partial charge in [0.05, 0.1) is 5.36 Å². The van der Waals surface area contributed by atoms with Crippen molar-refractivity contribution < 1.29 is 0 Å². The molecule has 1 aliphatic rings. The first-order chi connectivity index (χ1) is 9.11. The summed E-state index contributed by atoms with van der Waals surface area (Å²) in [7, 11) is 2.06. The van der Waals surface area contributed by atoms with Crippen molar-refractivity contribution in [1.29, 1.82) is 0 Å². The normalized spacial score (nSPS) is 21.3. The predicted octanol–water partition coefficient (Wildman–Crippen LogP) is 1.57. The van der Waals surface area contributed by atoms with Crippen LogP contribution < -0.4 is 10.6 Å². The number of hydrogen-bond donors (Lipinski definition) is 0. The molecule has 1 aromatic heterocycles. The van der Waals surface area contributed by atoms with Crippen LogP contribution >= 0.6 is 0 Å². The first kappa shape index (κ1) is 11.9. The molecule has 0 bridgehead atoms. The van der Waals surface area contributed by atoms with Crippen molar-refractivity contribution in [2.24, 2.45) is 4.99 Å². The monoisotopic (exact) mass is 251 g/mol. The molecule has 3 nitrogen and oxygen atoms in total. The number of fused-ring (bicyclic) bond motifs is 1. The van der Waals surface area contributed by atoms with Gasteiger partial charge in [-0.2, -0.15) is 0 Å². The van der Waals surface area contributed by atoms with Crippen LogP contribution in [-0.2, 0) is 5.66 Å². The lowest BCUT2D eigenvalue weighted by Crippen LogP contribution is -2.46. The summed E-state index contributed by atoms with van der Waals surface area (Å²) < 4.78 is 0. The van der Waals surface area contributed by atoms with Gasteiger partial charge in [-0.15, -0.1) is 0 Å². The average molecular weight is 251 g/mol. The lowest BCUT2D eigenvalue weighted by molar-refractivity contribution is 0.224. The van der Waals surface area contributed by atoms with Crippen LogP contribution in [0.3, 0.4) is 0 Å². The van der Waals surface area contributed by atoms with Crippen molar-refractivity contribution >= 4 is 6.20 Å². The zero-order valence-electron chi connectivity index (χ0n) is 11.5. The maximum atomic E-state index is 4.94. The third-order valence-electron chi connectivity index (χ3n) is 3.84. The second kappa shape index (κ2) is 4.19. The van der Waals surface area contributed by atoms with Crippen molar-refractivity contribution in [1.82, 2.24) is 9.88 Å². The van der Waals surface area contributed by atoms with Crippen LogP contribution in [0.4, 0.5) is 0 Å². The van der Waals surface area contributed by atoms with E-state index in [2.05, 4.69) is 61.2 Å². The lowest BCUT2D eigenvalue weighted by Gasteiger charge is -2.38. The summed E-state index contributed by atoms with van der Waals surface area (Å²) in [5.74, 6) is 0. The number of hydrogen-bond acceptors (Lipinski definition) is 3. The molecule has 0 radical (unpaired) electrons. The first-order valence-electron chi connectivity index (χ1n) is 6.42. The van der Waals surface area contributed by atoms with Gasteiger partial charge in [0.15, 0.2) is 5.66 Å². The largest absolute Gasteiger partial charge is 0.352 e. The van der Waals surface area contributed by atoms with E-state index in [0.717, 1.165) is 10.6 Å². The maximum Gasteiger partial charge on any atom is 0.155 e. The highest BCUT2D eigenvalue weighted by atomic mass is 15.3. The van der Waals surface area contributed by atoms with Gasteiger partial charge in [-0.25, -0.2) is 0 Å². The molecule has 0 aliphatic carbocycles. The van der Waals surface area contributed by atoms with E-state index in [4.69, 9.17) is 4.99 Å². The first-order valence-corrected chi connectivity index (χ1v) is 6.42. The fourth-order valence-electron chi connectivity index (χ4n) is 2.60. The summed E-state index contributed by atoms with van der Waals surface area (Å²) in [5.41, 5.74) is 2.13. The Morgan fingerprint density at radius 1 is 1.16 bits per heavy atom. The van der Waals surface area contributed by atoms with E-state index in [0.29, 0.717) is 0 Å². The van der Waals surface area contributed by atoms with Crippen LogP contribution in [0.25, 0.3) is 6.20 Å². The third-order valence-corrected chi connectivity index (χ3v) is 3.84. The number of aryl methyl sites for hydroxylation is 1. The zero-order chi connectivity index (χ0) is 13.5. The molecule has 1 unspecified atom stereocenters. The van der Waals surface area contributed by atoms with Gasteiger partial charge in [-0.1, -0.05) is 24.3 Å². The Labute approximate surface area is 112 Å². The number of nitrogens with zero attached hydrogens (tertiary/aromatic N) is 3. The predicted molar refractivity (Wildman–Crippen MR) is 75.8 cm³/mol. The van der Waals surface area contributed by atoms with Crippen molar-refractivity contribution in [2.45, 2.75) is 19.5 Å². The number of aromatic nitrogens is 1. The molecule has 0 amide bonds. The highest BCUT2D eigenvalue weighted by Gasteiger charge is 2.31. The molecule has 1 atom stereocenters. The van der Waals surface area contributed by atoms with Crippen LogP contribution in [0.2, 0.25) is 0 Å². The van der Waals surface area contributed by atoms with E-state index in [-0.39, 0.29) is 5.66 Å². The summed E-state index contributed by atoms with van der Waals surface area (Å²) in [6.07, 6.45) is 5.76. The van der Waals surface area contributed by atoms with Crippen molar-refractivity contribution in [3.63, 3.8) is 0 Å². The van der Waals surface area contributed by atoms with Crippen LogP contribution in [0.5, 0.6) is 0 Å². The van der Waals surface area contributed by atoms with E-state index in [1.807, 2.05) is 12.3 Å². The Morgan fingerprint density at radius 2 is 1.95 bits per heavy atom. The topological polar surface area (TPSA) is 28.5 Å². The third kappa shape index (κ3) is 1.82. The minimum absolute atomic E-state index is 0.361. The van der Waals surface area contributed by atoms with Crippen molar-refractivity contribution in [2.75, 3.05) is 7.05 Å². The van der Waals surface area contributed by atoms with Gasteiger partial charge in [-0.05, 0) is 25.5 Å². The minimum atomic E-state index is -0.361. The average Bonchev–Trinajstić information content (AvgIpc) is 2.40. The summed E-state index contributed by atoms with van der Waals surface area (Å²) >= 11 is 0. The SMILES string of the molecule is Cc1ccccc1C1(C)N=c2ccncc2=CN1C. The molecule has 2 aromatic rings. The molecule has 0 fully saturated rings. The molecule has 2 heterocycles. The van der Waals surface area contributed by atoms with Crippen LogP contribution in [-0.4, -0.2) is 16.9 Å². The maximum absolute atomic E-state index is 4.94. The van der Waals surface area contributed by atoms with Gasteiger partial charge in [-0.3, -0.25) is 9.98 Å². The van der Waals surface area contributed by atoms with Gasteiger partial charge in [0.1, 0.15) is 0 Å². The van der Waals surface area contributed by atoms with E-state index in [1.165, 1.54) is 11.1 Å². The molecule has 0 saturated carbocycles. The van der Waals surface area contributed by atoms with Crippen LogP contribution in [0.15, 0.2) is 47.7 Å². The van der Waals surface area contributed by atoms with Gasteiger partial charge < -0.3 is 4.90 Å². The summed E-state index contributed by atoms with van der Waals surface area (Å²) in [6.45, 7) is 4.28. The molecule has 19 heavy (non-hydrogen) atoms. The second-order valence-corrected chi connectivity index (χ2v) is 5.12. The van der Waals surface area contributed by atoms with Crippen molar-refractivity contribution in [3.05, 3.63) is 64.4 Å². The fourth-order valence-corrected chi connectivity index (χ4v) is 2.60. The molecule has 0 saturated heterocycles. The second-order valence-electron chi connectivity index (χ2n) is 5.12. The van der Waals surface area contributed by atoms with Crippen LogP contribution in [0, 0.1) is 6.92 Å². The summed E-state index contributed by atoms with van der Waals surface area (Å²) in [4.78, 5) is 11.2. The van der Waals surface area contributed by atoms with Crippen LogP contribution in [0.1, 0.15) is 18.1 Å². The zero-order valence-corrected chi connectivity index (χ0v) is 11.5. The minimum Gasteiger partial charge on any atom is -0.352 e. The smallest absolute Gasteiger partial charge is 0.155 e. The molecule has 3 heteroatoms. The molecule has 96 valence electrons. The van der Waals surface area contributed by atoms with Gasteiger partial charge >= 0.3 is 0 Å². The number of benzene rings is 1. The highest BCUT2D eigenvalue weighted by molar-refractivity contribution is 5.37. The summed E-state index contributed by atoms with van der Waals surface area (Å²) in [5, 5.41) is 2.06. The highest BCUT2D eigenvalue weighted by Crippen LogP contribution is 2.31. The Balaban J connectivity index is 2.27. The number of rotatable bonds is 1. The van der Waals surface area contributed by atoms with Gasteiger partial charge in [0, 0.05) is 36.4 Å². The Hall–Kier alpha value is -2.16. The Morgan fingerprint density at radius 3 is 2.74 bits per heavy atom. The van der Waals surface area contributed by atoms with Gasteiger partial charge in [0.2, 0.25) is 0 Å². The molecule has 0 N–H and O–H groups in total. The molecule has 3 rings (SSSR count). The number of pyridine rings is 1. The molecule has 0 spiro atoms. The van der Waals surface area contributed by atoms with E-state index in [9.17, 15) is 0 Å². The Bertz CT molecular complexity index is 736. The quantitative estimate of drug-likeness (QED) is 0.769. The molecule has 1 aromatic carbocycles. The Kier molecular flexibility index (Phi) is 2.63. The molecular formula is C16H17N3. The summed E-state index contributed by atoms with van der Waals surface area (Å²) in [6, 6.07) is 10.4. The molecular weight excluding hydrogens is 234 g/mol. The standard InChI is InChI=1S/C16H17N3/c1-12-6-4-5-7-14(12)16(2)18-15-8-9-17-10-13(15)11-19(16)3/h4-11H,1-3H3. The van der Waals surface area contributed by atoms with Crippen molar-refractivity contribution in [3.8, 4) is 0 Å². The van der Waals surface area contributed by atoms with E-state index in [1.54, 1.807) is 6.20 Å². The van der Waals surface area contributed by atoms with E-state index >= 15 is 0 Å². The fraction of sp³-hybridized carbons (Fsp3) is 0.250. The van der Waals surface area contributed by atoms with Gasteiger partial charge in [0.25, 0.3) is 0 Å². The lowest BCUT2D eigenvalue weighted by atomic mass is 9.95.